The monoisotopic (exact) mass is 217 g/mol. The van der Waals surface area contributed by atoms with Gasteiger partial charge in [0.05, 0.1) is 12.1 Å². The first-order valence-electron chi connectivity index (χ1n) is 4.38. The summed E-state index contributed by atoms with van der Waals surface area (Å²) in [5, 5.41) is 18.9. The molecule has 1 aromatic carbocycles. The number of halogens is 1. The summed E-state index contributed by atoms with van der Waals surface area (Å²) in [6.45, 7) is 1.85. The highest BCUT2D eigenvalue weighted by Gasteiger charge is 2.17. The molecule has 0 aliphatic carbocycles. The third-order valence-electron chi connectivity index (χ3n) is 2.13. The highest BCUT2D eigenvalue weighted by Crippen LogP contribution is 2.24. The van der Waals surface area contributed by atoms with Crippen molar-refractivity contribution in [1.82, 2.24) is 0 Å². The molecule has 0 heterocycles. The van der Waals surface area contributed by atoms with Crippen molar-refractivity contribution >= 4 is 12.4 Å². The molecule has 0 bridgehead atoms. The van der Waals surface area contributed by atoms with E-state index >= 15 is 0 Å². The number of nitrogens with two attached hydrogens (primary N) is 1. The molecule has 0 aliphatic rings. The van der Waals surface area contributed by atoms with Gasteiger partial charge in [-0.1, -0.05) is 25.1 Å². The molecule has 0 saturated heterocycles. The van der Waals surface area contributed by atoms with Gasteiger partial charge in [0.1, 0.15) is 5.75 Å². The second-order valence-electron chi connectivity index (χ2n) is 3.06. The van der Waals surface area contributed by atoms with Crippen LogP contribution in [-0.4, -0.2) is 16.3 Å². The van der Waals surface area contributed by atoms with Gasteiger partial charge >= 0.3 is 0 Å². The molecule has 2 atom stereocenters. The van der Waals surface area contributed by atoms with E-state index in [1.165, 1.54) is 0 Å². The summed E-state index contributed by atoms with van der Waals surface area (Å²) >= 11 is 0. The summed E-state index contributed by atoms with van der Waals surface area (Å²) in [7, 11) is 0. The van der Waals surface area contributed by atoms with Gasteiger partial charge in [-0.25, -0.2) is 0 Å². The van der Waals surface area contributed by atoms with Gasteiger partial charge in [0.25, 0.3) is 0 Å². The van der Waals surface area contributed by atoms with Crippen LogP contribution in [0.5, 0.6) is 5.75 Å². The van der Waals surface area contributed by atoms with E-state index in [1.807, 2.05) is 6.92 Å². The maximum atomic E-state index is 9.47. The molecular weight excluding hydrogens is 202 g/mol. The third-order valence-corrected chi connectivity index (χ3v) is 2.13. The lowest BCUT2D eigenvalue weighted by Gasteiger charge is -2.18. The summed E-state index contributed by atoms with van der Waals surface area (Å²) in [5.74, 6) is 0.141. The normalized spacial score (nSPS) is 14.2. The Morgan fingerprint density at radius 2 is 1.93 bits per heavy atom. The van der Waals surface area contributed by atoms with Gasteiger partial charge in [0.15, 0.2) is 0 Å². The van der Waals surface area contributed by atoms with E-state index in [2.05, 4.69) is 0 Å². The first-order valence-corrected chi connectivity index (χ1v) is 4.38. The van der Waals surface area contributed by atoms with Crippen molar-refractivity contribution in [2.24, 2.45) is 5.73 Å². The number of rotatable bonds is 3. The van der Waals surface area contributed by atoms with Crippen molar-refractivity contribution in [3.63, 3.8) is 0 Å². The first-order chi connectivity index (χ1) is 6.16. The average molecular weight is 218 g/mol. The predicted octanol–water partition coefficient (Wildman–Crippen LogP) is 1.58. The summed E-state index contributed by atoms with van der Waals surface area (Å²) in [6, 6.07) is 6.30. The maximum Gasteiger partial charge on any atom is 0.120 e. The van der Waals surface area contributed by atoms with Crippen molar-refractivity contribution in [1.29, 1.82) is 0 Å². The standard InChI is InChI=1S/C10H15NO2.ClH/c1-2-8(12)10(11)7-5-3-4-6-9(7)13;/h3-6,8,10,12-13H,2,11H2,1H3;1H/t8-,10+;/m0./s1. The molecule has 1 rings (SSSR count). The zero-order valence-corrected chi connectivity index (χ0v) is 8.87. The van der Waals surface area contributed by atoms with Gasteiger partial charge in [-0.3, -0.25) is 0 Å². The van der Waals surface area contributed by atoms with Crippen LogP contribution in [0.2, 0.25) is 0 Å². The molecule has 0 spiro atoms. The summed E-state index contributed by atoms with van der Waals surface area (Å²) < 4.78 is 0. The summed E-state index contributed by atoms with van der Waals surface area (Å²) in [5.41, 5.74) is 6.33. The predicted molar refractivity (Wildman–Crippen MR) is 58.6 cm³/mol. The third kappa shape index (κ3) is 2.87. The molecule has 0 aromatic heterocycles. The molecule has 4 N–H and O–H groups in total. The van der Waals surface area contributed by atoms with Crippen LogP contribution in [0, 0.1) is 0 Å². The van der Waals surface area contributed by atoms with E-state index in [9.17, 15) is 10.2 Å². The molecule has 3 nitrogen and oxygen atoms in total. The number of aliphatic hydroxyl groups excluding tert-OH is 1. The number of aliphatic hydroxyl groups is 1. The van der Waals surface area contributed by atoms with Crippen LogP contribution in [0.4, 0.5) is 0 Å². The van der Waals surface area contributed by atoms with Gasteiger partial charge in [-0.2, -0.15) is 0 Å². The van der Waals surface area contributed by atoms with E-state index < -0.39 is 12.1 Å². The maximum absolute atomic E-state index is 9.47. The van der Waals surface area contributed by atoms with E-state index in [0.717, 1.165) is 0 Å². The fraction of sp³-hybridized carbons (Fsp3) is 0.400. The zero-order chi connectivity index (χ0) is 9.84. The van der Waals surface area contributed by atoms with Crippen LogP contribution in [0.1, 0.15) is 24.9 Å². The first kappa shape index (κ1) is 13.2. The van der Waals surface area contributed by atoms with Crippen molar-refractivity contribution in [3.8, 4) is 5.75 Å². The number of hydrogen-bond acceptors (Lipinski definition) is 3. The molecular formula is C10H16ClNO2. The van der Waals surface area contributed by atoms with Crippen LogP contribution < -0.4 is 5.73 Å². The minimum Gasteiger partial charge on any atom is -0.508 e. The molecule has 0 aliphatic heterocycles. The fourth-order valence-electron chi connectivity index (χ4n) is 1.23. The lowest BCUT2D eigenvalue weighted by molar-refractivity contribution is 0.139. The second kappa shape index (κ2) is 5.86. The Morgan fingerprint density at radius 3 is 2.43 bits per heavy atom. The zero-order valence-electron chi connectivity index (χ0n) is 8.05. The van der Waals surface area contributed by atoms with Crippen molar-refractivity contribution < 1.29 is 10.2 Å². The second-order valence-corrected chi connectivity index (χ2v) is 3.06. The van der Waals surface area contributed by atoms with Crippen LogP contribution in [0.15, 0.2) is 24.3 Å². The van der Waals surface area contributed by atoms with Crippen LogP contribution in [0.25, 0.3) is 0 Å². The minimum atomic E-state index is -0.603. The van der Waals surface area contributed by atoms with Crippen molar-refractivity contribution in [3.05, 3.63) is 29.8 Å². The van der Waals surface area contributed by atoms with E-state index in [-0.39, 0.29) is 18.2 Å². The van der Waals surface area contributed by atoms with E-state index in [0.29, 0.717) is 12.0 Å². The SMILES string of the molecule is CC[C@H](O)[C@H](N)c1ccccc1O.Cl. The minimum absolute atomic E-state index is 0. The molecule has 0 unspecified atom stereocenters. The van der Waals surface area contributed by atoms with Crippen LogP contribution >= 0.6 is 12.4 Å². The quantitative estimate of drug-likeness (QED) is 0.720. The Balaban J connectivity index is 0.00000169. The summed E-state index contributed by atoms with van der Waals surface area (Å²) in [4.78, 5) is 0. The molecule has 14 heavy (non-hydrogen) atoms. The molecule has 80 valence electrons. The van der Waals surface area contributed by atoms with Crippen molar-refractivity contribution in [2.75, 3.05) is 0 Å². The average Bonchev–Trinajstić information content (AvgIpc) is 2.16. The number of para-hydroxylation sites is 1. The fourth-order valence-corrected chi connectivity index (χ4v) is 1.23. The van der Waals surface area contributed by atoms with E-state index in [4.69, 9.17) is 5.73 Å². The Bertz CT molecular complexity index is 281. The van der Waals surface area contributed by atoms with Gasteiger partial charge in [-0.15, -0.1) is 12.4 Å². The highest BCUT2D eigenvalue weighted by molar-refractivity contribution is 5.85. The topological polar surface area (TPSA) is 66.5 Å². The van der Waals surface area contributed by atoms with Gasteiger partial charge in [-0.05, 0) is 12.5 Å². The number of phenolic OH excluding ortho intramolecular Hbond substituents is 1. The van der Waals surface area contributed by atoms with Crippen LogP contribution in [0.3, 0.4) is 0 Å². The number of phenols is 1. The lowest BCUT2D eigenvalue weighted by Crippen LogP contribution is -2.25. The van der Waals surface area contributed by atoms with E-state index in [1.54, 1.807) is 24.3 Å². The van der Waals surface area contributed by atoms with Crippen LogP contribution in [-0.2, 0) is 0 Å². The summed E-state index contributed by atoms with van der Waals surface area (Å²) in [6.07, 6.45) is -0.0246. The largest absolute Gasteiger partial charge is 0.508 e. The highest BCUT2D eigenvalue weighted by atomic mass is 35.5. The number of benzene rings is 1. The van der Waals surface area contributed by atoms with Crippen molar-refractivity contribution in [2.45, 2.75) is 25.5 Å². The number of aromatic hydroxyl groups is 1. The molecule has 1 aromatic rings. The van der Waals surface area contributed by atoms with Gasteiger partial charge in [0, 0.05) is 5.56 Å². The molecule has 0 radical (unpaired) electrons. The molecule has 4 heteroatoms. The molecule has 0 saturated carbocycles. The van der Waals surface area contributed by atoms with Gasteiger partial charge < -0.3 is 15.9 Å². The lowest BCUT2D eigenvalue weighted by atomic mass is 10.00. The Morgan fingerprint density at radius 1 is 1.36 bits per heavy atom. The van der Waals surface area contributed by atoms with Gasteiger partial charge in [0.2, 0.25) is 0 Å². The Kier molecular flexibility index (Phi) is 5.53. The Labute approximate surface area is 90.0 Å². The number of hydrogen-bond donors (Lipinski definition) is 3. The Hall–Kier alpha value is -0.770. The smallest absolute Gasteiger partial charge is 0.120 e. The molecule has 0 fully saturated rings. The molecule has 0 amide bonds.